The lowest BCUT2D eigenvalue weighted by Gasteiger charge is -2.07. The van der Waals surface area contributed by atoms with Crippen LogP contribution in [-0.2, 0) is 0 Å². The Morgan fingerprint density at radius 1 is 0.429 bits per heavy atom. The number of H-pyrrole nitrogens is 2. The summed E-state index contributed by atoms with van der Waals surface area (Å²) in [5, 5.41) is 10.2. The molecule has 5 heterocycles. The molecule has 0 saturated carbocycles. The molecule has 5 heteroatoms. The van der Waals surface area contributed by atoms with Crippen molar-refractivity contribution in [2.75, 3.05) is 0 Å². The number of rotatable bonds is 4. The topological polar surface area (TPSA) is 77.6 Å². The summed E-state index contributed by atoms with van der Waals surface area (Å²) in [7, 11) is 0. The number of aromatic amines is 2. The number of phenols is 1. The van der Waals surface area contributed by atoms with Crippen LogP contribution in [0.15, 0.2) is 158 Å². The van der Waals surface area contributed by atoms with E-state index in [2.05, 4.69) is 155 Å². The highest BCUT2D eigenvalue weighted by Gasteiger charge is 2.19. The molecule has 0 radical (unpaired) electrons. The Labute approximate surface area is 324 Å². The Balaban J connectivity index is 1.30. The molecule has 2 aliphatic heterocycles. The Hall–Kier alpha value is -7.68. The zero-order valence-electron chi connectivity index (χ0n) is 30.2. The van der Waals surface area contributed by atoms with Gasteiger partial charge in [0.05, 0.1) is 28.7 Å². The summed E-state index contributed by atoms with van der Waals surface area (Å²) in [6.07, 6.45) is 16.7. The number of benzene rings is 4. The third-order valence-electron chi connectivity index (χ3n) is 10.3. The minimum absolute atomic E-state index is 0.146. The van der Waals surface area contributed by atoms with E-state index in [9.17, 15) is 5.11 Å². The summed E-state index contributed by atoms with van der Waals surface area (Å²) >= 11 is 0. The molecule has 3 aliphatic rings. The molecular formula is C51H34N4O. The van der Waals surface area contributed by atoms with Gasteiger partial charge in [-0.25, -0.2) is 9.97 Å². The van der Waals surface area contributed by atoms with Gasteiger partial charge in [-0.15, -0.1) is 0 Å². The average Bonchev–Trinajstić information content (AvgIpc) is 4.10. The number of nitrogens with one attached hydrogen (secondary N) is 2. The van der Waals surface area contributed by atoms with Crippen molar-refractivity contribution in [3.63, 3.8) is 0 Å². The van der Waals surface area contributed by atoms with Crippen LogP contribution in [0.1, 0.15) is 28.3 Å². The van der Waals surface area contributed by atoms with Crippen molar-refractivity contribution in [1.29, 1.82) is 0 Å². The van der Waals surface area contributed by atoms with Gasteiger partial charge in [-0.1, -0.05) is 121 Å². The summed E-state index contributed by atoms with van der Waals surface area (Å²) in [6.45, 7) is 0. The quantitative estimate of drug-likeness (QED) is 0.159. The molecule has 0 spiro atoms. The predicted octanol–water partition coefficient (Wildman–Crippen LogP) is 12.1. The summed E-state index contributed by atoms with van der Waals surface area (Å²) in [6, 6.07) is 45.0. The van der Waals surface area contributed by atoms with E-state index in [0.717, 1.165) is 94.9 Å². The smallest absolute Gasteiger partial charge is 0.115 e. The van der Waals surface area contributed by atoms with Crippen molar-refractivity contribution in [2.45, 2.75) is 0 Å². The van der Waals surface area contributed by atoms with Crippen molar-refractivity contribution >= 4 is 46.4 Å². The minimum Gasteiger partial charge on any atom is -0.508 e. The molecule has 1 aliphatic carbocycles. The molecule has 0 fully saturated rings. The van der Waals surface area contributed by atoms with Crippen LogP contribution < -0.4 is 0 Å². The maximum Gasteiger partial charge on any atom is 0.115 e. The van der Waals surface area contributed by atoms with E-state index < -0.39 is 0 Å². The van der Waals surface area contributed by atoms with Crippen molar-refractivity contribution < 1.29 is 5.11 Å². The van der Waals surface area contributed by atoms with Gasteiger partial charge in [-0.05, 0) is 95.1 Å². The fraction of sp³-hybridized carbons (Fsp3) is 0.0196. The van der Waals surface area contributed by atoms with Gasteiger partial charge in [0.25, 0.3) is 0 Å². The molecule has 0 saturated heterocycles. The second-order valence-corrected chi connectivity index (χ2v) is 13.9. The lowest BCUT2D eigenvalue weighted by Crippen LogP contribution is -1.90. The molecule has 0 unspecified atom stereocenters. The molecule has 3 aromatic heterocycles. The van der Waals surface area contributed by atoms with E-state index in [1.807, 2.05) is 36.4 Å². The lowest BCUT2D eigenvalue weighted by atomic mass is 10.0. The molecule has 7 aromatic rings. The third-order valence-corrected chi connectivity index (χ3v) is 10.3. The van der Waals surface area contributed by atoms with Crippen LogP contribution in [0.25, 0.3) is 90.9 Å². The van der Waals surface area contributed by atoms with Gasteiger partial charge in [0.1, 0.15) is 5.75 Å². The van der Waals surface area contributed by atoms with Crippen molar-refractivity contribution in [3.05, 3.63) is 186 Å². The van der Waals surface area contributed by atoms with Crippen LogP contribution in [0.5, 0.6) is 5.75 Å². The fourth-order valence-corrected chi connectivity index (χ4v) is 7.67. The highest BCUT2D eigenvalue weighted by atomic mass is 16.3. The van der Waals surface area contributed by atoms with Crippen LogP contribution >= 0.6 is 0 Å². The standard InChI is InChI=1S/C51H34N4O/c56-39-23-21-38(22-24-39)51-46-31-27-42(54-46)48(35-11-3-1-4-12-35)40-25-29-44(52-40)50(37-19-17-34(18-20-37)16-15-33-9-7-8-10-33)45-30-26-41(53-45)49(36-13-5-2-6-14-36)43-28-32-47(51)55-43/h1-14,17-33,52,55-56H. The molecule has 10 rings (SSSR count). The normalized spacial score (nSPS) is 12.9. The van der Waals surface area contributed by atoms with Gasteiger partial charge in [0, 0.05) is 49.9 Å². The molecular weight excluding hydrogens is 685 g/mol. The van der Waals surface area contributed by atoms with Gasteiger partial charge in [-0.2, -0.15) is 0 Å². The summed E-state index contributed by atoms with van der Waals surface area (Å²) < 4.78 is 0. The van der Waals surface area contributed by atoms with Crippen molar-refractivity contribution in [1.82, 2.24) is 19.9 Å². The van der Waals surface area contributed by atoms with E-state index in [-0.39, 0.29) is 11.7 Å². The van der Waals surface area contributed by atoms with Crippen LogP contribution in [-0.4, -0.2) is 25.0 Å². The molecule has 5 nitrogen and oxygen atoms in total. The largest absolute Gasteiger partial charge is 0.508 e. The Kier molecular flexibility index (Phi) is 8.20. The number of phenolic OH excluding ortho intramolecular Hbond substituents is 1. The first-order chi connectivity index (χ1) is 27.6. The van der Waals surface area contributed by atoms with Gasteiger partial charge in [0.2, 0.25) is 0 Å². The van der Waals surface area contributed by atoms with Crippen molar-refractivity contribution in [3.8, 4) is 62.1 Å². The van der Waals surface area contributed by atoms with E-state index in [0.29, 0.717) is 0 Å². The van der Waals surface area contributed by atoms with Gasteiger partial charge < -0.3 is 15.1 Å². The highest BCUT2D eigenvalue weighted by Crippen LogP contribution is 2.38. The van der Waals surface area contributed by atoms with Gasteiger partial charge in [0.15, 0.2) is 0 Å². The molecule has 8 bridgehead atoms. The van der Waals surface area contributed by atoms with Crippen LogP contribution in [0.4, 0.5) is 0 Å². The van der Waals surface area contributed by atoms with Crippen LogP contribution in [0.3, 0.4) is 0 Å². The molecule has 3 N–H and O–H groups in total. The zero-order valence-corrected chi connectivity index (χ0v) is 30.2. The van der Waals surface area contributed by atoms with E-state index in [4.69, 9.17) is 9.97 Å². The maximum atomic E-state index is 10.2. The number of nitrogens with zero attached hydrogens (tertiary/aromatic N) is 2. The summed E-state index contributed by atoms with van der Waals surface area (Å²) in [5.74, 6) is 7.05. The number of allylic oxidation sites excluding steroid dienone is 4. The second kappa shape index (κ2) is 13.9. The zero-order chi connectivity index (χ0) is 37.4. The van der Waals surface area contributed by atoms with Gasteiger partial charge in [-0.3, -0.25) is 0 Å². The predicted molar refractivity (Wildman–Crippen MR) is 231 cm³/mol. The lowest BCUT2D eigenvalue weighted by molar-refractivity contribution is 0.475. The number of fused-ring (bicyclic) bond motifs is 8. The number of hydrogen-bond acceptors (Lipinski definition) is 3. The van der Waals surface area contributed by atoms with Crippen LogP contribution in [0, 0.1) is 17.8 Å². The molecule has 0 atom stereocenters. The van der Waals surface area contributed by atoms with E-state index >= 15 is 0 Å². The number of hydrogen-bond donors (Lipinski definition) is 3. The van der Waals surface area contributed by atoms with Crippen molar-refractivity contribution in [2.24, 2.45) is 5.92 Å². The minimum atomic E-state index is 0.146. The highest BCUT2D eigenvalue weighted by molar-refractivity contribution is 5.99. The summed E-state index contributed by atoms with van der Waals surface area (Å²) in [4.78, 5) is 18.3. The first-order valence-electron chi connectivity index (χ1n) is 18.7. The Morgan fingerprint density at radius 2 is 0.804 bits per heavy atom. The number of aromatic nitrogens is 4. The first kappa shape index (κ1) is 32.9. The average molecular weight is 719 g/mol. The third kappa shape index (κ3) is 6.16. The van der Waals surface area contributed by atoms with E-state index in [1.165, 1.54) is 0 Å². The first-order valence-corrected chi connectivity index (χ1v) is 18.7. The van der Waals surface area contributed by atoms with E-state index in [1.54, 1.807) is 12.1 Å². The monoisotopic (exact) mass is 718 g/mol. The summed E-state index contributed by atoms with van der Waals surface area (Å²) in [5.41, 5.74) is 16.0. The molecule has 4 aromatic carbocycles. The molecule has 264 valence electrons. The Morgan fingerprint density at radius 3 is 1.21 bits per heavy atom. The molecule has 56 heavy (non-hydrogen) atoms. The number of aromatic hydroxyl groups is 1. The van der Waals surface area contributed by atoms with Crippen LogP contribution in [0.2, 0.25) is 0 Å². The maximum absolute atomic E-state index is 10.2. The molecule has 0 amide bonds. The van der Waals surface area contributed by atoms with Gasteiger partial charge >= 0.3 is 0 Å². The Bertz CT molecular complexity index is 2960. The second-order valence-electron chi connectivity index (χ2n) is 13.9. The SMILES string of the molecule is Oc1ccc(-c2c3nc(c(-c4ccccc4)c4ccc([nH]4)c(-c4ccc(C#CC5C=CC=C5)cc4)c4nc(c(-c5ccccc5)c5ccc2[nH]5)C=C4)C=C3)cc1. The fourth-order valence-electron chi connectivity index (χ4n) is 7.67.